The van der Waals surface area contributed by atoms with Crippen LogP contribution in [0.3, 0.4) is 0 Å². The summed E-state index contributed by atoms with van der Waals surface area (Å²) in [4.78, 5) is 11.5. The molecule has 4 nitrogen and oxygen atoms in total. The molecule has 1 atom stereocenters. The molecule has 0 radical (unpaired) electrons. The van der Waals surface area contributed by atoms with E-state index >= 15 is 0 Å². The highest BCUT2D eigenvalue weighted by Gasteiger charge is 2.19. The molecule has 76 valence electrons. The summed E-state index contributed by atoms with van der Waals surface area (Å²) in [6, 6.07) is 0. The maximum absolute atomic E-state index is 11.5. The fourth-order valence-corrected chi connectivity index (χ4v) is 1.53. The Bertz CT molecular complexity index is 155. The van der Waals surface area contributed by atoms with Crippen LogP contribution >= 0.6 is 0 Å². The van der Waals surface area contributed by atoms with Gasteiger partial charge in [-0.2, -0.15) is 0 Å². The molecule has 0 spiro atoms. The molecule has 1 saturated heterocycles. The lowest BCUT2D eigenvalue weighted by Gasteiger charge is -2.21. The number of carbonyl (C=O) groups excluding carboxylic acids is 1. The Balaban J connectivity index is 2.13. The second kappa shape index (κ2) is 5.94. The summed E-state index contributed by atoms with van der Waals surface area (Å²) in [6.07, 6.45) is 2.99. The van der Waals surface area contributed by atoms with E-state index in [-0.39, 0.29) is 11.8 Å². The molecule has 0 aromatic rings. The van der Waals surface area contributed by atoms with Crippen LogP contribution in [0.1, 0.15) is 19.3 Å². The predicted octanol–water partition coefficient (Wildman–Crippen LogP) is -0.549. The highest BCUT2D eigenvalue weighted by molar-refractivity contribution is 5.78. The lowest BCUT2D eigenvalue weighted by molar-refractivity contribution is -0.125. The van der Waals surface area contributed by atoms with Gasteiger partial charge in [-0.1, -0.05) is 0 Å². The van der Waals surface area contributed by atoms with Gasteiger partial charge in [0.1, 0.15) is 0 Å². The molecule has 0 aromatic carbocycles. The van der Waals surface area contributed by atoms with E-state index in [1.54, 1.807) is 0 Å². The minimum absolute atomic E-state index is 0.173. The minimum atomic E-state index is 0.173. The van der Waals surface area contributed by atoms with Crippen molar-refractivity contribution in [1.29, 1.82) is 0 Å². The van der Waals surface area contributed by atoms with Crippen molar-refractivity contribution in [1.82, 2.24) is 10.6 Å². The largest absolute Gasteiger partial charge is 0.356 e. The molecule has 4 N–H and O–H groups in total. The standard InChI is InChI=1S/C9H19N3O/c10-4-2-6-12-9(13)8-3-1-5-11-7-8/h8,11H,1-7,10H2,(H,12,13)/t8-/m0/s1. The average molecular weight is 185 g/mol. The third-order valence-electron chi connectivity index (χ3n) is 2.35. The molecule has 1 rings (SSSR count). The topological polar surface area (TPSA) is 67.1 Å². The molecular weight excluding hydrogens is 166 g/mol. The van der Waals surface area contributed by atoms with Gasteiger partial charge < -0.3 is 16.4 Å². The van der Waals surface area contributed by atoms with Crippen LogP contribution in [0.25, 0.3) is 0 Å². The van der Waals surface area contributed by atoms with Crippen molar-refractivity contribution in [3.63, 3.8) is 0 Å². The fraction of sp³-hybridized carbons (Fsp3) is 0.889. The number of hydrogen-bond donors (Lipinski definition) is 3. The summed E-state index contributed by atoms with van der Waals surface area (Å²) in [5.41, 5.74) is 5.33. The molecule has 0 bridgehead atoms. The van der Waals surface area contributed by atoms with Gasteiger partial charge in [-0.05, 0) is 32.4 Å². The van der Waals surface area contributed by atoms with Crippen LogP contribution in [-0.4, -0.2) is 32.1 Å². The smallest absolute Gasteiger partial charge is 0.224 e. The van der Waals surface area contributed by atoms with Crippen molar-refractivity contribution in [2.24, 2.45) is 11.7 Å². The molecule has 1 aliphatic heterocycles. The minimum Gasteiger partial charge on any atom is -0.356 e. The molecule has 0 aliphatic carbocycles. The van der Waals surface area contributed by atoms with Gasteiger partial charge in [-0.3, -0.25) is 4.79 Å². The first kappa shape index (κ1) is 10.5. The number of rotatable bonds is 4. The van der Waals surface area contributed by atoms with Gasteiger partial charge in [-0.25, -0.2) is 0 Å². The third-order valence-corrected chi connectivity index (χ3v) is 2.35. The SMILES string of the molecule is NCCCNC(=O)[C@H]1CCCNC1. The van der Waals surface area contributed by atoms with Crippen LogP contribution in [-0.2, 0) is 4.79 Å². The molecule has 1 heterocycles. The number of nitrogens with two attached hydrogens (primary N) is 1. The van der Waals surface area contributed by atoms with Gasteiger partial charge in [0, 0.05) is 13.1 Å². The van der Waals surface area contributed by atoms with Crippen LogP contribution in [0.15, 0.2) is 0 Å². The van der Waals surface area contributed by atoms with Gasteiger partial charge in [0.05, 0.1) is 5.92 Å². The van der Waals surface area contributed by atoms with Crippen molar-refractivity contribution in [2.45, 2.75) is 19.3 Å². The number of carbonyl (C=O) groups is 1. The Morgan fingerprint density at radius 2 is 2.46 bits per heavy atom. The lowest BCUT2D eigenvalue weighted by atomic mass is 9.99. The average Bonchev–Trinajstić information content (AvgIpc) is 2.19. The first-order valence-corrected chi connectivity index (χ1v) is 5.03. The van der Waals surface area contributed by atoms with Crippen LogP contribution in [0.5, 0.6) is 0 Å². The molecule has 4 heteroatoms. The second-order valence-electron chi connectivity index (χ2n) is 3.48. The van der Waals surface area contributed by atoms with Crippen LogP contribution in [0.4, 0.5) is 0 Å². The fourth-order valence-electron chi connectivity index (χ4n) is 1.53. The molecule has 1 aliphatic rings. The quantitative estimate of drug-likeness (QED) is 0.515. The number of piperidine rings is 1. The number of nitrogens with one attached hydrogen (secondary N) is 2. The van der Waals surface area contributed by atoms with Gasteiger partial charge in [-0.15, -0.1) is 0 Å². The monoisotopic (exact) mass is 185 g/mol. The molecule has 0 aromatic heterocycles. The maximum atomic E-state index is 11.5. The zero-order valence-electron chi connectivity index (χ0n) is 8.01. The van der Waals surface area contributed by atoms with E-state index in [0.29, 0.717) is 13.1 Å². The summed E-state index contributed by atoms with van der Waals surface area (Å²) in [5.74, 6) is 0.354. The number of amides is 1. The van der Waals surface area contributed by atoms with E-state index in [0.717, 1.165) is 32.4 Å². The normalized spacial score (nSPS) is 22.7. The zero-order valence-corrected chi connectivity index (χ0v) is 8.01. The maximum Gasteiger partial charge on any atom is 0.224 e. The van der Waals surface area contributed by atoms with E-state index in [4.69, 9.17) is 5.73 Å². The van der Waals surface area contributed by atoms with Crippen LogP contribution < -0.4 is 16.4 Å². The molecule has 1 fully saturated rings. The first-order valence-electron chi connectivity index (χ1n) is 5.03. The van der Waals surface area contributed by atoms with E-state index < -0.39 is 0 Å². The van der Waals surface area contributed by atoms with Crippen molar-refractivity contribution in [2.75, 3.05) is 26.2 Å². The van der Waals surface area contributed by atoms with Gasteiger partial charge in [0.15, 0.2) is 0 Å². The van der Waals surface area contributed by atoms with Crippen molar-refractivity contribution in [3.05, 3.63) is 0 Å². The van der Waals surface area contributed by atoms with Crippen molar-refractivity contribution in [3.8, 4) is 0 Å². The highest BCUT2D eigenvalue weighted by Crippen LogP contribution is 2.09. The highest BCUT2D eigenvalue weighted by atomic mass is 16.1. The molecule has 13 heavy (non-hydrogen) atoms. The van der Waals surface area contributed by atoms with Crippen molar-refractivity contribution >= 4 is 5.91 Å². The summed E-state index contributed by atoms with van der Waals surface area (Å²) < 4.78 is 0. The second-order valence-corrected chi connectivity index (χ2v) is 3.48. The summed E-state index contributed by atoms with van der Waals surface area (Å²) in [5, 5.41) is 6.11. The summed E-state index contributed by atoms with van der Waals surface area (Å²) >= 11 is 0. The number of hydrogen-bond acceptors (Lipinski definition) is 3. The molecule has 0 saturated carbocycles. The van der Waals surface area contributed by atoms with Crippen LogP contribution in [0, 0.1) is 5.92 Å². The Kier molecular flexibility index (Phi) is 4.78. The van der Waals surface area contributed by atoms with E-state index in [1.165, 1.54) is 0 Å². The Morgan fingerprint density at radius 1 is 1.62 bits per heavy atom. The zero-order chi connectivity index (χ0) is 9.52. The Morgan fingerprint density at radius 3 is 3.08 bits per heavy atom. The predicted molar refractivity (Wildman–Crippen MR) is 52.3 cm³/mol. The first-order chi connectivity index (χ1) is 6.34. The van der Waals surface area contributed by atoms with Crippen LogP contribution in [0.2, 0.25) is 0 Å². The third kappa shape index (κ3) is 3.74. The van der Waals surface area contributed by atoms with E-state index in [9.17, 15) is 4.79 Å². The van der Waals surface area contributed by atoms with E-state index in [1.807, 2.05) is 0 Å². The van der Waals surface area contributed by atoms with Gasteiger partial charge in [0.25, 0.3) is 0 Å². The molecular formula is C9H19N3O. The Hall–Kier alpha value is -0.610. The Labute approximate surface area is 79.3 Å². The molecule has 1 amide bonds. The molecule has 0 unspecified atom stereocenters. The van der Waals surface area contributed by atoms with E-state index in [2.05, 4.69) is 10.6 Å². The summed E-state index contributed by atoms with van der Waals surface area (Å²) in [7, 11) is 0. The lowest BCUT2D eigenvalue weighted by Crippen LogP contribution is -2.41. The van der Waals surface area contributed by atoms with Crippen molar-refractivity contribution < 1.29 is 4.79 Å². The summed E-state index contributed by atoms with van der Waals surface area (Å²) in [6.45, 7) is 3.23. The van der Waals surface area contributed by atoms with Gasteiger partial charge in [0.2, 0.25) is 5.91 Å². The van der Waals surface area contributed by atoms with Gasteiger partial charge >= 0.3 is 0 Å².